The van der Waals surface area contributed by atoms with Crippen LogP contribution >= 0.6 is 11.6 Å². The third-order valence-electron chi connectivity index (χ3n) is 4.49. The summed E-state index contributed by atoms with van der Waals surface area (Å²) < 4.78 is 5.32. The number of halogens is 1. The molecule has 132 valence electrons. The van der Waals surface area contributed by atoms with Gasteiger partial charge in [-0.15, -0.1) is 0 Å². The summed E-state index contributed by atoms with van der Waals surface area (Å²) in [4.78, 5) is 16.7. The minimum atomic E-state index is -0.108. The molecule has 2 aromatic carbocycles. The van der Waals surface area contributed by atoms with Gasteiger partial charge in [0.25, 0.3) is 0 Å². The smallest absolute Gasteiger partial charge is 0.321 e. The van der Waals surface area contributed by atoms with Gasteiger partial charge in [-0.1, -0.05) is 29.8 Å². The van der Waals surface area contributed by atoms with Gasteiger partial charge in [-0.2, -0.15) is 0 Å². The van der Waals surface area contributed by atoms with Gasteiger partial charge >= 0.3 is 6.03 Å². The van der Waals surface area contributed by atoms with E-state index in [1.807, 2.05) is 35.2 Å². The van der Waals surface area contributed by atoms with Crippen molar-refractivity contribution >= 4 is 23.3 Å². The summed E-state index contributed by atoms with van der Waals surface area (Å²) in [6, 6.07) is 15.2. The van der Waals surface area contributed by atoms with E-state index in [9.17, 15) is 4.79 Å². The van der Waals surface area contributed by atoms with Gasteiger partial charge in [-0.3, -0.25) is 4.90 Å². The van der Waals surface area contributed by atoms with Crippen molar-refractivity contribution in [2.45, 2.75) is 6.04 Å². The summed E-state index contributed by atoms with van der Waals surface area (Å²) in [5.74, 6) is 0.825. The molecular weight excluding hydrogens is 338 g/mol. The Hall–Kier alpha value is -2.24. The summed E-state index contributed by atoms with van der Waals surface area (Å²) >= 11 is 5.98. The maximum atomic E-state index is 12.6. The van der Waals surface area contributed by atoms with Gasteiger partial charge in [0.15, 0.2) is 0 Å². The normalized spacial score (nSPS) is 18.0. The Kier molecular flexibility index (Phi) is 5.46. The standard InChI is InChI=1S/C19H22ClN3O2/c1-22-9-10-23(19(24)21-16-7-4-6-15(20)12-16)13-18(22)14-5-3-8-17(11-14)25-2/h3-8,11-12,18H,9-10,13H2,1-2H3,(H,21,24). The third-order valence-corrected chi connectivity index (χ3v) is 4.72. The maximum Gasteiger partial charge on any atom is 0.321 e. The van der Waals surface area contributed by atoms with Gasteiger partial charge in [-0.05, 0) is 42.9 Å². The summed E-state index contributed by atoms with van der Waals surface area (Å²) in [6.07, 6.45) is 0. The SMILES string of the molecule is COc1cccc(C2CN(C(=O)Nc3cccc(Cl)c3)CCN2C)c1. The Balaban J connectivity index is 1.72. The first kappa shape index (κ1) is 17.6. The third kappa shape index (κ3) is 4.24. The number of hydrogen-bond acceptors (Lipinski definition) is 3. The van der Waals surface area contributed by atoms with E-state index in [4.69, 9.17) is 16.3 Å². The van der Waals surface area contributed by atoms with Gasteiger partial charge in [0.1, 0.15) is 5.75 Å². The molecule has 1 atom stereocenters. The number of carbonyl (C=O) groups is 1. The molecule has 3 rings (SSSR count). The molecule has 0 saturated carbocycles. The molecule has 6 heteroatoms. The van der Waals surface area contributed by atoms with E-state index in [2.05, 4.69) is 23.3 Å². The number of anilines is 1. The molecule has 1 saturated heterocycles. The van der Waals surface area contributed by atoms with Crippen molar-refractivity contribution in [3.8, 4) is 5.75 Å². The molecule has 5 nitrogen and oxygen atoms in total. The molecule has 1 heterocycles. The van der Waals surface area contributed by atoms with Crippen LogP contribution in [0.3, 0.4) is 0 Å². The van der Waals surface area contributed by atoms with Crippen LogP contribution in [0.15, 0.2) is 48.5 Å². The fourth-order valence-corrected chi connectivity index (χ4v) is 3.23. The summed E-state index contributed by atoms with van der Waals surface area (Å²) in [5.41, 5.74) is 1.84. The first-order valence-electron chi connectivity index (χ1n) is 8.22. The molecule has 0 bridgehead atoms. The second kappa shape index (κ2) is 7.76. The molecule has 1 N–H and O–H groups in total. The minimum absolute atomic E-state index is 0.108. The second-order valence-electron chi connectivity index (χ2n) is 6.16. The highest BCUT2D eigenvalue weighted by molar-refractivity contribution is 6.30. The van der Waals surface area contributed by atoms with Crippen LogP contribution in [0.1, 0.15) is 11.6 Å². The largest absolute Gasteiger partial charge is 0.497 e. The van der Waals surface area contributed by atoms with E-state index in [1.54, 1.807) is 19.2 Å². The quantitative estimate of drug-likeness (QED) is 0.904. The fourth-order valence-electron chi connectivity index (χ4n) is 3.04. The van der Waals surface area contributed by atoms with Crippen molar-refractivity contribution in [2.75, 3.05) is 39.1 Å². The van der Waals surface area contributed by atoms with Gasteiger partial charge < -0.3 is 15.0 Å². The molecule has 2 aromatic rings. The van der Waals surface area contributed by atoms with E-state index in [1.165, 1.54) is 0 Å². The van der Waals surface area contributed by atoms with Crippen LogP contribution < -0.4 is 10.1 Å². The van der Waals surface area contributed by atoms with Crippen molar-refractivity contribution in [2.24, 2.45) is 0 Å². The summed E-state index contributed by atoms with van der Waals surface area (Å²) in [6.45, 7) is 2.12. The van der Waals surface area contributed by atoms with Crippen LogP contribution in [0.2, 0.25) is 5.02 Å². The zero-order valence-electron chi connectivity index (χ0n) is 14.4. The number of nitrogens with one attached hydrogen (secondary N) is 1. The first-order valence-corrected chi connectivity index (χ1v) is 8.60. The zero-order chi connectivity index (χ0) is 17.8. The number of amides is 2. The number of ether oxygens (including phenoxy) is 1. The summed E-state index contributed by atoms with van der Waals surface area (Å²) in [7, 11) is 3.74. The minimum Gasteiger partial charge on any atom is -0.497 e. The molecule has 0 aliphatic carbocycles. The molecular formula is C19H22ClN3O2. The molecule has 1 unspecified atom stereocenters. The highest BCUT2D eigenvalue weighted by Gasteiger charge is 2.28. The average Bonchev–Trinajstić information content (AvgIpc) is 2.62. The highest BCUT2D eigenvalue weighted by Crippen LogP contribution is 2.27. The number of hydrogen-bond donors (Lipinski definition) is 1. The molecule has 1 aliphatic heterocycles. The number of nitrogens with zero attached hydrogens (tertiary/aromatic N) is 2. The molecule has 1 fully saturated rings. The van der Waals surface area contributed by atoms with Crippen molar-refractivity contribution < 1.29 is 9.53 Å². The lowest BCUT2D eigenvalue weighted by atomic mass is 10.0. The summed E-state index contributed by atoms with van der Waals surface area (Å²) in [5, 5.41) is 3.52. The zero-order valence-corrected chi connectivity index (χ0v) is 15.2. The predicted octanol–water partition coefficient (Wildman–Crippen LogP) is 3.87. The Morgan fingerprint density at radius 1 is 1.20 bits per heavy atom. The molecule has 2 amide bonds. The topological polar surface area (TPSA) is 44.8 Å². The van der Waals surface area contributed by atoms with Crippen LogP contribution in [0.5, 0.6) is 5.75 Å². The predicted molar refractivity (Wildman–Crippen MR) is 100 cm³/mol. The lowest BCUT2D eigenvalue weighted by Gasteiger charge is -2.39. The number of piperazine rings is 1. The lowest BCUT2D eigenvalue weighted by Crippen LogP contribution is -2.50. The van der Waals surface area contributed by atoms with E-state index in [0.29, 0.717) is 23.8 Å². The molecule has 0 spiro atoms. The van der Waals surface area contributed by atoms with E-state index in [-0.39, 0.29) is 12.1 Å². The van der Waals surface area contributed by atoms with E-state index >= 15 is 0 Å². The van der Waals surface area contributed by atoms with Crippen molar-refractivity contribution in [1.29, 1.82) is 0 Å². The van der Waals surface area contributed by atoms with E-state index in [0.717, 1.165) is 17.9 Å². The van der Waals surface area contributed by atoms with Crippen LogP contribution in [-0.2, 0) is 0 Å². The Labute approximate surface area is 153 Å². The Morgan fingerprint density at radius 2 is 2.00 bits per heavy atom. The molecule has 1 aliphatic rings. The Morgan fingerprint density at radius 3 is 2.76 bits per heavy atom. The van der Waals surface area contributed by atoms with Crippen molar-refractivity contribution in [3.05, 3.63) is 59.1 Å². The van der Waals surface area contributed by atoms with Crippen molar-refractivity contribution in [3.63, 3.8) is 0 Å². The lowest BCUT2D eigenvalue weighted by molar-refractivity contribution is 0.116. The average molecular weight is 360 g/mol. The second-order valence-corrected chi connectivity index (χ2v) is 6.60. The Bertz CT molecular complexity index is 753. The van der Waals surface area contributed by atoms with Crippen molar-refractivity contribution in [1.82, 2.24) is 9.80 Å². The number of methoxy groups -OCH3 is 1. The molecule has 0 radical (unpaired) electrons. The number of likely N-dealkylation sites (N-methyl/N-ethyl adjacent to an activating group) is 1. The van der Waals surface area contributed by atoms with E-state index < -0.39 is 0 Å². The fraction of sp³-hybridized carbons (Fsp3) is 0.316. The highest BCUT2D eigenvalue weighted by atomic mass is 35.5. The van der Waals surface area contributed by atoms with Gasteiger partial charge in [0, 0.05) is 30.3 Å². The number of urea groups is 1. The van der Waals surface area contributed by atoms with Gasteiger partial charge in [-0.25, -0.2) is 4.79 Å². The first-order chi connectivity index (χ1) is 12.1. The number of rotatable bonds is 3. The van der Waals surface area contributed by atoms with Gasteiger partial charge in [0.2, 0.25) is 0 Å². The maximum absolute atomic E-state index is 12.6. The molecule has 0 aromatic heterocycles. The van der Waals surface area contributed by atoms with Crippen LogP contribution in [0, 0.1) is 0 Å². The monoisotopic (exact) mass is 359 g/mol. The van der Waals surface area contributed by atoms with Gasteiger partial charge in [0.05, 0.1) is 13.2 Å². The number of carbonyl (C=O) groups excluding carboxylic acids is 1. The molecule has 25 heavy (non-hydrogen) atoms. The van der Waals surface area contributed by atoms with Crippen LogP contribution in [0.25, 0.3) is 0 Å². The number of benzene rings is 2. The van der Waals surface area contributed by atoms with Crippen LogP contribution in [0.4, 0.5) is 10.5 Å². The van der Waals surface area contributed by atoms with Crippen LogP contribution in [-0.4, -0.2) is 49.6 Å².